The minimum atomic E-state index is -0.386. The van der Waals surface area contributed by atoms with Gasteiger partial charge in [0, 0.05) is 32.7 Å². The van der Waals surface area contributed by atoms with Gasteiger partial charge in [0.05, 0.1) is 0 Å². The summed E-state index contributed by atoms with van der Waals surface area (Å²) in [5.41, 5.74) is 11.1. The number of nitrogens with zero attached hydrogens (tertiary/aromatic N) is 2. The minimum Gasteiger partial charge on any atom is -0.456 e. The van der Waals surface area contributed by atoms with Crippen molar-refractivity contribution in [2.75, 3.05) is 0 Å². The molecule has 0 aliphatic carbocycles. The zero-order valence-corrected chi connectivity index (χ0v) is 34.3. The van der Waals surface area contributed by atoms with Gasteiger partial charge in [-0.25, -0.2) is 9.98 Å². The van der Waals surface area contributed by atoms with Gasteiger partial charge >= 0.3 is 0 Å². The van der Waals surface area contributed by atoms with Gasteiger partial charge in [-0.1, -0.05) is 158 Å². The predicted molar refractivity (Wildman–Crippen MR) is 265 cm³/mol. The van der Waals surface area contributed by atoms with E-state index in [9.17, 15) is 0 Å². The van der Waals surface area contributed by atoms with Crippen LogP contribution >= 0.6 is 0 Å². The van der Waals surface area contributed by atoms with Gasteiger partial charge in [-0.2, -0.15) is 0 Å². The lowest BCUT2D eigenvalue weighted by molar-refractivity contribution is 0.669. The van der Waals surface area contributed by atoms with Crippen LogP contribution in [0, 0.1) is 0 Å². The fraction of sp³-hybridized carbons (Fsp3) is 0.0169. The van der Waals surface area contributed by atoms with E-state index >= 15 is 0 Å². The zero-order valence-electron chi connectivity index (χ0n) is 34.3. The third-order valence-electron chi connectivity index (χ3n) is 13.3. The molecule has 1 N–H and O–H groups in total. The second kappa shape index (κ2) is 13.5. The molecule has 64 heavy (non-hydrogen) atoms. The van der Waals surface area contributed by atoms with Crippen LogP contribution in [-0.4, -0.2) is 11.7 Å². The second-order valence-corrected chi connectivity index (χ2v) is 16.9. The fourth-order valence-electron chi connectivity index (χ4n) is 10.4. The van der Waals surface area contributed by atoms with Gasteiger partial charge in [0.25, 0.3) is 0 Å². The minimum absolute atomic E-state index is 0.386. The van der Waals surface area contributed by atoms with Crippen LogP contribution in [0.4, 0.5) is 0 Å². The van der Waals surface area contributed by atoms with Gasteiger partial charge in [-0.15, -0.1) is 0 Å². The molecule has 3 heterocycles. The topological polar surface area (TPSA) is 63.0 Å². The average molecular weight is 818 g/mol. The van der Waals surface area contributed by atoms with Crippen molar-refractivity contribution in [1.82, 2.24) is 5.32 Å². The first-order chi connectivity index (χ1) is 31.7. The van der Waals surface area contributed by atoms with Gasteiger partial charge in [-0.05, 0) is 113 Å². The molecule has 0 saturated carbocycles. The third-order valence-corrected chi connectivity index (χ3v) is 13.3. The van der Waals surface area contributed by atoms with Crippen molar-refractivity contribution in [3.8, 4) is 22.3 Å². The molecule has 0 saturated heterocycles. The lowest BCUT2D eigenvalue weighted by Gasteiger charge is -2.25. The van der Waals surface area contributed by atoms with Crippen LogP contribution in [0.25, 0.3) is 109 Å². The molecule has 1 unspecified atom stereocenters. The van der Waals surface area contributed by atoms with Crippen molar-refractivity contribution < 1.29 is 8.83 Å². The van der Waals surface area contributed by atoms with Crippen molar-refractivity contribution in [3.05, 3.63) is 217 Å². The van der Waals surface area contributed by atoms with Crippen LogP contribution in [-0.2, 0) is 0 Å². The van der Waals surface area contributed by atoms with E-state index < -0.39 is 0 Å². The smallest absolute Gasteiger partial charge is 0.159 e. The van der Waals surface area contributed by atoms with Crippen LogP contribution in [0.2, 0.25) is 0 Å². The molecule has 0 radical (unpaired) electrons. The van der Waals surface area contributed by atoms with Crippen molar-refractivity contribution >= 4 is 98.6 Å². The van der Waals surface area contributed by atoms with Crippen molar-refractivity contribution in [2.24, 2.45) is 9.98 Å². The number of hydrogen-bond donors (Lipinski definition) is 1. The highest BCUT2D eigenvalue weighted by atomic mass is 16.3. The molecule has 0 fully saturated rings. The zero-order chi connectivity index (χ0) is 41.9. The Morgan fingerprint density at radius 1 is 0.359 bits per heavy atom. The second-order valence-electron chi connectivity index (χ2n) is 16.9. The van der Waals surface area contributed by atoms with E-state index in [-0.39, 0.29) is 6.17 Å². The van der Waals surface area contributed by atoms with E-state index in [0.29, 0.717) is 5.84 Å². The number of nitrogens with one attached hydrogen (secondary N) is 1. The normalized spacial score (nSPS) is 14.4. The summed E-state index contributed by atoms with van der Waals surface area (Å²) in [7, 11) is 0. The number of amidine groups is 2. The lowest BCUT2D eigenvalue weighted by Crippen LogP contribution is -2.33. The molecule has 5 heteroatoms. The van der Waals surface area contributed by atoms with E-state index in [1.165, 1.54) is 43.3 Å². The molecule has 11 aromatic carbocycles. The number of rotatable bonds is 5. The maximum atomic E-state index is 6.74. The first-order valence-corrected chi connectivity index (χ1v) is 21.7. The molecule has 0 amide bonds. The number of furan rings is 2. The predicted octanol–water partition coefficient (Wildman–Crippen LogP) is 15.4. The lowest BCUT2D eigenvalue weighted by atomic mass is 9.89. The maximum absolute atomic E-state index is 6.74. The number of hydrogen-bond acceptors (Lipinski definition) is 5. The largest absolute Gasteiger partial charge is 0.456 e. The first-order valence-electron chi connectivity index (χ1n) is 21.7. The third kappa shape index (κ3) is 5.25. The Morgan fingerprint density at radius 3 is 1.83 bits per heavy atom. The van der Waals surface area contributed by atoms with Crippen LogP contribution < -0.4 is 5.32 Å². The molecule has 1 aliphatic rings. The molecule has 1 atom stereocenters. The molecule has 0 bridgehead atoms. The van der Waals surface area contributed by atoms with Gasteiger partial charge in [-0.3, -0.25) is 0 Å². The van der Waals surface area contributed by atoms with E-state index in [4.69, 9.17) is 18.8 Å². The quantitative estimate of drug-likeness (QED) is 0.176. The molecular formula is C59H35N3O2. The van der Waals surface area contributed by atoms with Crippen molar-refractivity contribution in [1.29, 1.82) is 0 Å². The van der Waals surface area contributed by atoms with E-state index in [0.717, 1.165) is 88.5 Å². The molecule has 0 spiro atoms. The SMILES string of the molecule is c1cc(-c2cccc3oc4cc(-c5cccc6c7cccc8oc9cccc(c56)c9c87)ccc4c23)cc(C2N=C(c3ccc4ccccc4c3)N=C(c3cccc4ccccc34)N2)c1. The summed E-state index contributed by atoms with van der Waals surface area (Å²) in [5, 5.41) is 17.8. The number of aliphatic imine (C=N–C) groups is 2. The average Bonchev–Trinajstić information content (AvgIpc) is 3.94. The fourth-order valence-corrected chi connectivity index (χ4v) is 10.4. The molecule has 2 aromatic heterocycles. The van der Waals surface area contributed by atoms with Crippen LogP contribution in [0.5, 0.6) is 0 Å². The van der Waals surface area contributed by atoms with Gasteiger partial charge in [0.2, 0.25) is 0 Å². The number of fused-ring (bicyclic) bond motifs is 8. The van der Waals surface area contributed by atoms with Gasteiger partial charge in [0.15, 0.2) is 5.84 Å². The number of benzene rings is 11. The van der Waals surface area contributed by atoms with Crippen LogP contribution in [0.1, 0.15) is 22.9 Å². The summed E-state index contributed by atoms with van der Waals surface area (Å²) in [6, 6.07) is 70.9. The van der Waals surface area contributed by atoms with Crippen LogP contribution in [0.15, 0.2) is 219 Å². The van der Waals surface area contributed by atoms with Gasteiger partial charge in [0.1, 0.15) is 34.3 Å². The van der Waals surface area contributed by atoms with Crippen LogP contribution in [0.3, 0.4) is 0 Å². The molecular weight excluding hydrogens is 783 g/mol. The van der Waals surface area contributed by atoms with Crippen molar-refractivity contribution in [2.45, 2.75) is 6.17 Å². The summed E-state index contributed by atoms with van der Waals surface area (Å²) in [6.07, 6.45) is -0.386. The molecule has 298 valence electrons. The Morgan fingerprint density at radius 2 is 0.953 bits per heavy atom. The Hall–Kier alpha value is -8.54. The molecule has 1 aliphatic heterocycles. The summed E-state index contributed by atoms with van der Waals surface area (Å²) in [4.78, 5) is 10.5. The van der Waals surface area contributed by atoms with Crippen molar-refractivity contribution in [3.63, 3.8) is 0 Å². The molecule has 5 nitrogen and oxygen atoms in total. The summed E-state index contributed by atoms with van der Waals surface area (Å²) < 4.78 is 13.1. The Labute approximate surface area is 366 Å². The summed E-state index contributed by atoms with van der Waals surface area (Å²) >= 11 is 0. The first kappa shape index (κ1) is 35.1. The molecule has 14 rings (SSSR count). The highest BCUT2D eigenvalue weighted by Crippen LogP contribution is 2.46. The summed E-state index contributed by atoms with van der Waals surface area (Å²) in [5.74, 6) is 1.49. The van der Waals surface area contributed by atoms with Gasteiger partial charge < -0.3 is 14.2 Å². The van der Waals surface area contributed by atoms with E-state index in [2.05, 4.69) is 206 Å². The Kier molecular flexibility index (Phi) is 7.39. The van der Waals surface area contributed by atoms with E-state index in [1.54, 1.807) is 0 Å². The Balaban J connectivity index is 0.890. The highest BCUT2D eigenvalue weighted by Gasteiger charge is 2.24. The highest BCUT2D eigenvalue weighted by molar-refractivity contribution is 6.35. The monoisotopic (exact) mass is 817 g/mol. The van der Waals surface area contributed by atoms with E-state index in [1.807, 2.05) is 0 Å². The standard InChI is InChI=1S/C59H35N3O2/c1-2-13-36-31-40(28-27-34(36)11-1)58-60-57(61-59(62-58)46-22-6-14-35-12-3-4-17-41(35)46)39-16-5-15-37(32-39)43-19-8-24-49-54(43)47-30-29-38(33-52(47)64-49)42-18-7-20-44-45-21-9-25-50-55(45)56-48(53(42)44)23-10-26-51(56)63-50/h1-33,57H,(H,60,61,62). The molecule has 13 aromatic rings. The maximum Gasteiger partial charge on any atom is 0.159 e. The Bertz CT molecular complexity index is 4130. The summed E-state index contributed by atoms with van der Waals surface area (Å²) in [6.45, 7) is 0.